The maximum Gasteiger partial charge on any atom is 0.0294 e. The van der Waals surface area contributed by atoms with Crippen LogP contribution in [0, 0.1) is 6.92 Å². The van der Waals surface area contributed by atoms with Crippen molar-refractivity contribution in [1.29, 1.82) is 0 Å². The molecule has 1 aromatic rings. The Balaban J connectivity index is 1.91. The average Bonchev–Trinajstić information content (AvgIpc) is 2.77. The van der Waals surface area contributed by atoms with Gasteiger partial charge in [0, 0.05) is 17.3 Å². The van der Waals surface area contributed by atoms with E-state index in [0.29, 0.717) is 12.1 Å². The van der Waals surface area contributed by atoms with Crippen LogP contribution in [0.2, 0.25) is 0 Å². The SMILES string of the molecule is CSC1CCC(NC(C)c2cccc(C)c2)C1. The molecule has 1 aromatic carbocycles. The molecular weight excluding hydrogens is 226 g/mol. The molecule has 1 nitrogen and oxygen atoms in total. The molecule has 3 unspecified atom stereocenters. The average molecular weight is 249 g/mol. The van der Waals surface area contributed by atoms with Gasteiger partial charge in [-0.15, -0.1) is 0 Å². The molecule has 1 aliphatic carbocycles. The first-order valence-corrected chi connectivity index (χ1v) is 7.83. The molecule has 1 fully saturated rings. The lowest BCUT2D eigenvalue weighted by molar-refractivity contribution is 0.462. The molecule has 3 atom stereocenters. The quantitative estimate of drug-likeness (QED) is 0.867. The Kier molecular flexibility index (Phi) is 4.52. The van der Waals surface area contributed by atoms with Crippen LogP contribution in [0.1, 0.15) is 43.4 Å². The molecule has 0 aliphatic heterocycles. The van der Waals surface area contributed by atoms with Gasteiger partial charge < -0.3 is 5.32 Å². The van der Waals surface area contributed by atoms with Gasteiger partial charge in [0.1, 0.15) is 0 Å². The second-order valence-electron chi connectivity index (χ2n) is 5.17. The van der Waals surface area contributed by atoms with E-state index in [1.807, 2.05) is 11.8 Å². The van der Waals surface area contributed by atoms with Gasteiger partial charge in [-0.2, -0.15) is 11.8 Å². The number of aryl methyl sites for hydroxylation is 1. The van der Waals surface area contributed by atoms with Gasteiger partial charge in [-0.05, 0) is 44.9 Å². The van der Waals surface area contributed by atoms with Gasteiger partial charge in [-0.1, -0.05) is 29.8 Å². The number of rotatable bonds is 4. The van der Waals surface area contributed by atoms with Crippen LogP contribution in [-0.4, -0.2) is 17.5 Å². The smallest absolute Gasteiger partial charge is 0.0294 e. The van der Waals surface area contributed by atoms with Crippen molar-refractivity contribution in [2.24, 2.45) is 0 Å². The van der Waals surface area contributed by atoms with E-state index in [-0.39, 0.29) is 0 Å². The van der Waals surface area contributed by atoms with Crippen molar-refractivity contribution in [1.82, 2.24) is 5.32 Å². The second-order valence-corrected chi connectivity index (χ2v) is 6.31. The van der Waals surface area contributed by atoms with Crippen LogP contribution in [0.3, 0.4) is 0 Å². The molecule has 0 bridgehead atoms. The maximum absolute atomic E-state index is 3.77. The summed E-state index contributed by atoms with van der Waals surface area (Å²) in [6.07, 6.45) is 6.27. The predicted molar refractivity (Wildman–Crippen MR) is 77.7 cm³/mol. The molecule has 94 valence electrons. The highest BCUT2D eigenvalue weighted by molar-refractivity contribution is 7.99. The van der Waals surface area contributed by atoms with E-state index in [0.717, 1.165) is 5.25 Å². The molecule has 1 aliphatic rings. The highest BCUT2D eigenvalue weighted by Crippen LogP contribution is 2.29. The number of hydrogen-bond acceptors (Lipinski definition) is 2. The summed E-state index contributed by atoms with van der Waals surface area (Å²) in [5.41, 5.74) is 2.77. The Morgan fingerprint density at radius 3 is 2.82 bits per heavy atom. The Morgan fingerprint density at radius 2 is 2.18 bits per heavy atom. The van der Waals surface area contributed by atoms with Crippen LogP contribution in [0.4, 0.5) is 0 Å². The first kappa shape index (κ1) is 13.0. The molecule has 1 N–H and O–H groups in total. The summed E-state index contributed by atoms with van der Waals surface area (Å²) >= 11 is 2.02. The standard InChI is InChI=1S/C15H23NS/c1-11-5-4-6-13(9-11)12(2)16-14-7-8-15(10-14)17-3/h4-6,9,12,14-16H,7-8,10H2,1-3H3. The third-order valence-corrected chi connectivity index (χ3v) is 4.84. The summed E-state index contributed by atoms with van der Waals surface area (Å²) < 4.78 is 0. The zero-order chi connectivity index (χ0) is 12.3. The van der Waals surface area contributed by atoms with Gasteiger partial charge in [0.05, 0.1) is 0 Å². The van der Waals surface area contributed by atoms with Crippen molar-refractivity contribution in [3.63, 3.8) is 0 Å². The molecule has 0 spiro atoms. The summed E-state index contributed by atoms with van der Waals surface area (Å²) in [6, 6.07) is 10.0. The minimum Gasteiger partial charge on any atom is -0.307 e. The minimum absolute atomic E-state index is 0.473. The Bertz CT molecular complexity index is 364. The Labute approximate surface area is 109 Å². The third kappa shape index (κ3) is 3.49. The van der Waals surface area contributed by atoms with Crippen molar-refractivity contribution in [3.8, 4) is 0 Å². The first-order chi connectivity index (χ1) is 8.19. The van der Waals surface area contributed by atoms with Gasteiger partial charge in [0.2, 0.25) is 0 Å². The van der Waals surface area contributed by atoms with E-state index in [9.17, 15) is 0 Å². The second kappa shape index (κ2) is 5.92. The lowest BCUT2D eigenvalue weighted by Crippen LogP contribution is -2.29. The number of benzene rings is 1. The van der Waals surface area contributed by atoms with E-state index in [4.69, 9.17) is 0 Å². The fourth-order valence-electron chi connectivity index (χ4n) is 2.69. The van der Waals surface area contributed by atoms with Crippen molar-refractivity contribution in [3.05, 3.63) is 35.4 Å². The molecule has 2 rings (SSSR count). The molecule has 0 radical (unpaired) electrons. The zero-order valence-electron chi connectivity index (χ0n) is 11.1. The monoisotopic (exact) mass is 249 g/mol. The van der Waals surface area contributed by atoms with Crippen LogP contribution in [-0.2, 0) is 0 Å². The van der Waals surface area contributed by atoms with E-state index in [2.05, 4.69) is 49.7 Å². The molecule has 0 amide bonds. The van der Waals surface area contributed by atoms with Crippen molar-refractivity contribution >= 4 is 11.8 Å². The highest BCUT2D eigenvalue weighted by atomic mass is 32.2. The van der Waals surface area contributed by atoms with Crippen molar-refractivity contribution in [2.45, 2.75) is 50.4 Å². The van der Waals surface area contributed by atoms with Crippen molar-refractivity contribution in [2.75, 3.05) is 6.26 Å². The normalized spacial score (nSPS) is 26.1. The summed E-state index contributed by atoms with van der Waals surface area (Å²) in [5.74, 6) is 0. The van der Waals surface area contributed by atoms with Crippen molar-refractivity contribution < 1.29 is 0 Å². The van der Waals surface area contributed by atoms with Gasteiger partial charge >= 0.3 is 0 Å². The lowest BCUT2D eigenvalue weighted by atomic mass is 10.0. The Hall–Kier alpha value is -0.470. The summed E-state index contributed by atoms with van der Waals surface area (Å²) in [6.45, 7) is 4.44. The van der Waals surface area contributed by atoms with E-state index in [1.165, 1.54) is 30.4 Å². The number of hydrogen-bond donors (Lipinski definition) is 1. The van der Waals surface area contributed by atoms with Crippen LogP contribution in [0.15, 0.2) is 24.3 Å². The maximum atomic E-state index is 3.77. The summed E-state index contributed by atoms with van der Waals surface area (Å²) in [5, 5.41) is 4.65. The third-order valence-electron chi connectivity index (χ3n) is 3.75. The fourth-order valence-corrected chi connectivity index (χ4v) is 3.49. The largest absolute Gasteiger partial charge is 0.307 e. The molecule has 1 saturated carbocycles. The van der Waals surface area contributed by atoms with E-state index >= 15 is 0 Å². The summed E-state index contributed by atoms with van der Waals surface area (Å²) in [7, 11) is 0. The lowest BCUT2D eigenvalue weighted by Gasteiger charge is -2.20. The molecule has 17 heavy (non-hydrogen) atoms. The topological polar surface area (TPSA) is 12.0 Å². The molecule has 0 aromatic heterocycles. The minimum atomic E-state index is 0.473. The van der Waals surface area contributed by atoms with E-state index in [1.54, 1.807) is 0 Å². The zero-order valence-corrected chi connectivity index (χ0v) is 11.9. The number of nitrogens with one attached hydrogen (secondary N) is 1. The first-order valence-electron chi connectivity index (χ1n) is 6.54. The molecule has 0 saturated heterocycles. The molecule has 2 heteroatoms. The van der Waals surface area contributed by atoms with Crippen LogP contribution in [0.5, 0.6) is 0 Å². The molecular formula is C15H23NS. The molecule has 0 heterocycles. The summed E-state index contributed by atoms with van der Waals surface area (Å²) in [4.78, 5) is 0. The van der Waals surface area contributed by atoms with Crippen LogP contribution < -0.4 is 5.32 Å². The van der Waals surface area contributed by atoms with Crippen LogP contribution >= 0.6 is 11.8 Å². The van der Waals surface area contributed by atoms with Gasteiger partial charge in [0.25, 0.3) is 0 Å². The van der Waals surface area contributed by atoms with Gasteiger partial charge in [-0.25, -0.2) is 0 Å². The number of thioether (sulfide) groups is 1. The van der Waals surface area contributed by atoms with Gasteiger partial charge in [0.15, 0.2) is 0 Å². The van der Waals surface area contributed by atoms with Gasteiger partial charge in [-0.3, -0.25) is 0 Å². The van der Waals surface area contributed by atoms with E-state index < -0.39 is 0 Å². The predicted octanol–water partition coefficient (Wildman–Crippen LogP) is 3.93. The fraction of sp³-hybridized carbons (Fsp3) is 0.600. The Morgan fingerprint density at radius 1 is 1.35 bits per heavy atom. The van der Waals surface area contributed by atoms with Crippen LogP contribution in [0.25, 0.3) is 0 Å². The highest BCUT2D eigenvalue weighted by Gasteiger charge is 2.24.